The maximum atomic E-state index is 21.5. The molecule has 9 heterocycles. The van der Waals surface area contributed by atoms with Gasteiger partial charge in [-0.25, -0.2) is 44.3 Å². The van der Waals surface area contributed by atoms with Gasteiger partial charge in [-0.1, -0.05) is 97.1 Å². The fourth-order valence-corrected chi connectivity index (χ4v) is 13.7. The largest absolute Gasteiger partial charge is 0.306 e. The summed E-state index contributed by atoms with van der Waals surface area (Å²) in [6.07, 6.45) is 24.5. The second-order valence-corrected chi connectivity index (χ2v) is 22.2. The Kier molecular flexibility index (Phi) is 11.1. The Morgan fingerprint density at radius 2 is 0.483 bits per heavy atom. The van der Waals surface area contributed by atoms with E-state index in [0.29, 0.717) is 22.7 Å². The predicted octanol–water partition coefficient (Wildman–Crippen LogP) is 17.1. The summed E-state index contributed by atoms with van der Waals surface area (Å²) in [6, 6.07) is 63.2. The molecule has 0 saturated carbocycles. The molecule has 13 nitrogen and oxygen atoms in total. The first kappa shape index (κ1) is 50.0. The van der Waals surface area contributed by atoms with Crippen LogP contribution in [0.15, 0.2) is 269 Å². The molecule has 0 bridgehead atoms. The standard InChI is InChI=1S/C75H44FN13/c76-71-74(88-62-13-5-1-9-54(62)55-10-2-6-14-63(55)88)72(86-66-21-17-46(50-33-78-41-79-34-50)29-58(66)59-30-47(18-22-67(59)86)51-35-80-42-81-36-51)70(45-25-27-77-28-26-45)73(75(71)89-64-15-7-3-11-56(64)57-12-4-8-16-65(57)89)87-68-23-19-48(52-37-82-43-83-38-52)31-60(68)61-32-49(20-24-69(61)87)53-39-84-44-85-40-53/h1-44H. The third kappa shape index (κ3) is 7.63. The quantitative estimate of drug-likeness (QED) is 0.138. The number of benzene rings is 9. The Morgan fingerprint density at radius 3 is 0.775 bits per heavy atom. The molecule has 0 aliphatic heterocycles. The molecule has 18 aromatic rings. The molecular formula is C75H44FN13. The van der Waals surface area contributed by atoms with Gasteiger partial charge >= 0.3 is 0 Å². The van der Waals surface area contributed by atoms with E-state index in [0.717, 1.165) is 143 Å². The molecule has 0 saturated heterocycles. The highest BCUT2D eigenvalue weighted by atomic mass is 19.1. The normalized spacial score (nSPS) is 11.9. The molecule has 0 aliphatic carbocycles. The zero-order chi connectivity index (χ0) is 58.7. The average molecular weight is 1150 g/mol. The van der Waals surface area contributed by atoms with Crippen LogP contribution in [0.5, 0.6) is 0 Å². The molecule has 0 amide bonds. The van der Waals surface area contributed by atoms with E-state index in [1.165, 1.54) is 0 Å². The lowest BCUT2D eigenvalue weighted by Gasteiger charge is -2.28. The van der Waals surface area contributed by atoms with Crippen LogP contribution in [0.4, 0.5) is 4.39 Å². The van der Waals surface area contributed by atoms with Gasteiger partial charge < -0.3 is 18.3 Å². The summed E-state index contributed by atoms with van der Waals surface area (Å²) in [5, 5.41) is 7.62. The van der Waals surface area contributed by atoms with Crippen molar-refractivity contribution in [1.29, 1.82) is 0 Å². The SMILES string of the molecule is Fc1c(-n2c3ccccc3c3ccccc32)c(-n2c3ccc(-c4cncnc4)cc3c3cc(-c4cncnc4)ccc32)c(-c2ccncc2)c(-n2c3ccc(-c4cncnc4)cc3c3cc(-c4cncnc4)ccc32)c1-n1c2ccccc2c2ccccc21. The van der Waals surface area contributed by atoms with Crippen LogP contribution in [0, 0.1) is 5.82 Å². The summed E-state index contributed by atoms with van der Waals surface area (Å²) in [4.78, 5) is 40.2. The van der Waals surface area contributed by atoms with Gasteiger partial charge in [-0.3, -0.25) is 4.98 Å². The molecule has 9 aromatic heterocycles. The molecule has 0 spiro atoms. The molecule has 0 aliphatic rings. The molecule has 0 N–H and O–H groups in total. The molecule has 18 rings (SSSR count). The molecule has 0 atom stereocenters. The number of aromatic nitrogens is 13. The van der Waals surface area contributed by atoms with Crippen molar-refractivity contribution in [2.45, 2.75) is 0 Å². The fourth-order valence-electron chi connectivity index (χ4n) is 13.7. The van der Waals surface area contributed by atoms with E-state index >= 15 is 4.39 Å². The predicted molar refractivity (Wildman–Crippen MR) is 351 cm³/mol. The lowest BCUT2D eigenvalue weighted by Crippen LogP contribution is -2.16. The van der Waals surface area contributed by atoms with Crippen LogP contribution in [-0.4, -0.2) is 63.1 Å². The van der Waals surface area contributed by atoms with Crippen molar-refractivity contribution >= 4 is 87.2 Å². The Bertz CT molecular complexity index is 5230. The van der Waals surface area contributed by atoms with Crippen LogP contribution in [0.2, 0.25) is 0 Å². The van der Waals surface area contributed by atoms with E-state index in [2.05, 4.69) is 216 Å². The summed E-state index contributed by atoms with van der Waals surface area (Å²) in [7, 11) is 0. The molecule has 0 fully saturated rings. The number of halogens is 1. The first-order valence-electron chi connectivity index (χ1n) is 29.1. The van der Waals surface area contributed by atoms with E-state index in [-0.39, 0.29) is 0 Å². The van der Waals surface area contributed by atoms with Crippen molar-refractivity contribution < 1.29 is 4.39 Å². The maximum Gasteiger partial charge on any atom is 0.175 e. The van der Waals surface area contributed by atoms with Crippen LogP contribution in [0.1, 0.15) is 0 Å². The number of para-hydroxylation sites is 4. The zero-order valence-electron chi connectivity index (χ0n) is 47.1. The second kappa shape index (κ2) is 19.8. The fraction of sp³-hybridized carbons (Fsp3) is 0. The summed E-state index contributed by atoms with van der Waals surface area (Å²) >= 11 is 0. The van der Waals surface area contributed by atoms with E-state index in [1.807, 2.05) is 86.2 Å². The second-order valence-electron chi connectivity index (χ2n) is 22.2. The monoisotopic (exact) mass is 1150 g/mol. The number of nitrogens with zero attached hydrogens (tertiary/aromatic N) is 13. The Labute approximate surface area is 505 Å². The van der Waals surface area contributed by atoms with Gasteiger partial charge in [0.1, 0.15) is 36.7 Å². The molecule has 9 aromatic carbocycles. The van der Waals surface area contributed by atoms with Gasteiger partial charge in [0.05, 0.1) is 55.5 Å². The topological polar surface area (TPSA) is 136 Å². The van der Waals surface area contributed by atoms with Crippen molar-refractivity contribution in [3.05, 3.63) is 275 Å². The summed E-state index contributed by atoms with van der Waals surface area (Å²) in [5.41, 5.74) is 17.2. The number of pyridine rings is 1. The number of hydrogen-bond acceptors (Lipinski definition) is 9. The van der Waals surface area contributed by atoms with Crippen LogP contribution < -0.4 is 0 Å². The van der Waals surface area contributed by atoms with Crippen molar-refractivity contribution in [1.82, 2.24) is 63.1 Å². The lowest BCUT2D eigenvalue weighted by molar-refractivity contribution is 0.612. The average Bonchev–Trinajstić information content (AvgIpc) is 1.64. The van der Waals surface area contributed by atoms with Gasteiger partial charge in [0.15, 0.2) is 5.82 Å². The van der Waals surface area contributed by atoms with E-state index in [4.69, 9.17) is 4.98 Å². The Morgan fingerprint density at radius 1 is 0.225 bits per heavy atom. The first-order valence-corrected chi connectivity index (χ1v) is 29.1. The Hall–Kier alpha value is -12.4. The molecular weight excluding hydrogens is 1100 g/mol. The van der Waals surface area contributed by atoms with E-state index in [9.17, 15) is 0 Å². The molecule has 0 radical (unpaired) electrons. The van der Waals surface area contributed by atoms with Gasteiger partial charge in [0, 0.05) is 133 Å². The smallest absolute Gasteiger partial charge is 0.175 e. The number of hydrogen-bond donors (Lipinski definition) is 0. The minimum absolute atomic E-state index is 0.341. The molecule has 89 heavy (non-hydrogen) atoms. The van der Waals surface area contributed by atoms with Gasteiger partial charge in [-0.05, 0) is 113 Å². The van der Waals surface area contributed by atoms with Gasteiger partial charge in [-0.2, -0.15) is 0 Å². The van der Waals surface area contributed by atoms with Crippen molar-refractivity contribution in [2.24, 2.45) is 0 Å². The lowest BCUT2D eigenvalue weighted by atomic mass is 9.96. The number of rotatable bonds is 9. The number of fused-ring (bicyclic) bond motifs is 12. The highest BCUT2D eigenvalue weighted by Gasteiger charge is 2.35. The third-order valence-corrected chi connectivity index (χ3v) is 17.5. The van der Waals surface area contributed by atoms with Crippen molar-refractivity contribution in [2.75, 3.05) is 0 Å². The highest BCUT2D eigenvalue weighted by Crippen LogP contribution is 2.52. The van der Waals surface area contributed by atoms with Crippen LogP contribution in [0.3, 0.4) is 0 Å². The van der Waals surface area contributed by atoms with Crippen LogP contribution in [-0.2, 0) is 0 Å². The minimum atomic E-state index is -0.456. The molecule has 416 valence electrons. The summed E-state index contributed by atoms with van der Waals surface area (Å²) in [5.74, 6) is -0.456. The van der Waals surface area contributed by atoms with Crippen molar-refractivity contribution in [3.63, 3.8) is 0 Å². The summed E-state index contributed by atoms with van der Waals surface area (Å²) < 4.78 is 30.4. The Balaban J connectivity index is 1.11. The van der Waals surface area contributed by atoms with Gasteiger partial charge in [0.2, 0.25) is 0 Å². The first-order chi connectivity index (χ1) is 44.1. The van der Waals surface area contributed by atoms with Crippen LogP contribution in [0.25, 0.3) is 166 Å². The minimum Gasteiger partial charge on any atom is -0.306 e. The third-order valence-electron chi connectivity index (χ3n) is 17.5. The zero-order valence-corrected chi connectivity index (χ0v) is 47.1. The maximum absolute atomic E-state index is 21.5. The van der Waals surface area contributed by atoms with E-state index in [1.54, 1.807) is 25.3 Å². The van der Waals surface area contributed by atoms with Crippen LogP contribution >= 0.6 is 0 Å². The van der Waals surface area contributed by atoms with E-state index < -0.39 is 5.82 Å². The van der Waals surface area contributed by atoms with Crippen molar-refractivity contribution in [3.8, 4) is 78.4 Å². The summed E-state index contributed by atoms with van der Waals surface area (Å²) in [6.45, 7) is 0. The van der Waals surface area contributed by atoms with Gasteiger partial charge in [0.25, 0.3) is 0 Å². The molecule has 0 unspecified atom stereocenters. The molecule has 14 heteroatoms. The van der Waals surface area contributed by atoms with Gasteiger partial charge in [-0.15, -0.1) is 0 Å². The highest BCUT2D eigenvalue weighted by molar-refractivity contribution is 6.18.